The van der Waals surface area contributed by atoms with Crippen LogP contribution in [0.15, 0.2) is 22.7 Å². The maximum atomic E-state index is 13.2. The Morgan fingerprint density at radius 1 is 1.33 bits per heavy atom. The summed E-state index contributed by atoms with van der Waals surface area (Å²) in [6.45, 7) is 1.15. The summed E-state index contributed by atoms with van der Waals surface area (Å²) >= 11 is 3.12. The Kier molecular flexibility index (Phi) is 4.33. The van der Waals surface area contributed by atoms with Crippen LogP contribution in [-0.2, 0) is 6.42 Å². The van der Waals surface area contributed by atoms with Gasteiger partial charge in [0, 0.05) is 13.0 Å². The minimum atomic E-state index is -2.55. The van der Waals surface area contributed by atoms with Crippen LogP contribution >= 0.6 is 15.9 Å². The van der Waals surface area contributed by atoms with Gasteiger partial charge in [-0.3, -0.25) is 4.90 Å². The largest absolute Gasteiger partial charge is 0.297 e. The number of benzene rings is 1. The molecule has 1 aliphatic rings. The van der Waals surface area contributed by atoms with Crippen LogP contribution in [0.25, 0.3) is 0 Å². The number of alkyl halides is 2. The molecule has 0 bridgehead atoms. The van der Waals surface area contributed by atoms with Crippen molar-refractivity contribution in [2.45, 2.75) is 25.2 Å². The van der Waals surface area contributed by atoms with Crippen molar-refractivity contribution in [2.24, 2.45) is 0 Å². The third-order valence-electron chi connectivity index (χ3n) is 3.17. The molecule has 0 spiro atoms. The molecule has 5 heteroatoms. The van der Waals surface area contributed by atoms with Crippen molar-refractivity contribution >= 4 is 15.9 Å². The molecule has 1 saturated heterocycles. The average Bonchev–Trinajstić information content (AvgIpc) is 2.29. The summed E-state index contributed by atoms with van der Waals surface area (Å²) in [5.41, 5.74) is 0.956. The Balaban J connectivity index is 1.89. The summed E-state index contributed by atoms with van der Waals surface area (Å²) in [6.07, 6.45) is 1.20. The molecule has 0 aromatic heterocycles. The first kappa shape index (κ1) is 13.9. The molecule has 1 aromatic carbocycles. The first-order valence-corrected chi connectivity index (χ1v) is 6.80. The number of nitrogens with zero attached hydrogens (tertiary/aromatic N) is 1. The van der Waals surface area contributed by atoms with Gasteiger partial charge in [-0.2, -0.15) is 0 Å². The summed E-state index contributed by atoms with van der Waals surface area (Å²) in [5.74, 6) is -2.86. The lowest BCUT2D eigenvalue weighted by Crippen LogP contribution is -2.43. The molecule has 0 saturated carbocycles. The van der Waals surface area contributed by atoms with Gasteiger partial charge in [-0.15, -0.1) is 0 Å². The van der Waals surface area contributed by atoms with E-state index in [2.05, 4.69) is 15.9 Å². The van der Waals surface area contributed by atoms with Crippen molar-refractivity contribution in [3.8, 4) is 0 Å². The van der Waals surface area contributed by atoms with Crippen LogP contribution in [0, 0.1) is 5.82 Å². The zero-order valence-corrected chi connectivity index (χ0v) is 11.5. The van der Waals surface area contributed by atoms with Crippen molar-refractivity contribution in [1.82, 2.24) is 4.90 Å². The molecule has 18 heavy (non-hydrogen) atoms. The normalized spacial score (nSPS) is 20.0. The van der Waals surface area contributed by atoms with Crippen molar-refractivity contribution in [1.29, 1.82) is 0 Å². The van der Waals surface area contributed by atoms with E-state index in [1.165, 1.54) is 6.07 Å². The number of likely N-dealkylation sites (tertiary alicyclic amines) is 1. The summed E-state index contributed by atoms with van der Waals surface area (Å²) < 4.78 is 39.9. The zero-order chi connectivity index (χ0) is 13.2. The maximum absolute atomic E-state index is 13.2. The van der Waals surface area contributed by atoms with Gasteiger partial charge in [0.2, 0.25) is 0 Å². The number of piperidine rings is 1. The van der Waals surface area contributed by atoms with Gasteiger partial charge in [0.1, 0.15) is 5.82 Å². The SMILES string of the molecule is Fc1ccc(CCN2CCCC(F)(F)C2)cc1Br. The molecule has 0 unspecified atom stereocenters. The first-order chi connectivity index (χ1) is 8.46. The van der Waals surface area contributed by atoms with E-state index >= 15 is 0 Å². The van der Waals surface area contributed by atoms with E-state index in [9.17, 15) is 13.2 Å². The van der Waals surface area contributed by atoms with Crippen LogP contribution in [0.1, 0.15) is 18.4 Å². The van der Waals surface area contributed by atoms with Crippen LogP contribution in [0.3, 0.4) is 0 Å². The van der Waals surface area contributed by atoms with E-state index in [4.69, 9.17) is 0 Å². The smallest absolute Gasteiger partial charge is 0.260 e. The fourth-order valence-electron chi connectivity index (χ4n) is 2.22. The van der Waals surface area contributed by atoms with Crippen molar-refractivity contribution in [2.75, 3.05) is 19.6 Å². The molecular formula is C13H15BrF3N. The molecule has 1 fully saturated rings. The van der Waals surface area contributed by atoms with Crippen LogP contribution in [0.2, 0.25) is 0 Å². The van der Waals surface area contributed by atoms with Crippen molar-refractivity contribution < 1.29 is 13.2 Å². The maximum Gasteiger partial charge on any atom is 0.260 e. The number of halogens is 4. The molecule has 0 radical (unpaired) electrons. The summed E-state index contributed by atoms with van der Waals surface area (Å²) in [6, 6.07) is 4.80. The van der Waals surface area contributed by atoms with Crippen LogP contribution < -0.4 is 0 Å². The van der Waals surface area contributed by atoms with Gasteiger partial charge < -0.3 is 0 Å². The van der Waals surface area contributed by atoms with Gasteiger partial charge in [-0.25, -0.2) is 13.2 Å². The minimum Gasteiger partial charge on any atom is -0.297 e. The van der Waals surface area contributed by atoms with Gasteiger partial charge in [0.25, 0.3) is 5.92 Å². The fourth-order valence-corrected chi connectivity index (χ4v) is 2.65. The first-order valence-electron chi connectivity index (χ1n) is 6.00. The molecule has 0 N–H and O–H groups in total. The Morgan fingerprint density at radius 3 is 2.78 bits per heavy atom. The molecule has 1 aliphatic heterocycles. The quantitative estimate of drug-likeness (QED) is 0.817. The second-order valence-corrected chi connectivity index (χ2v) is 5.59. The lowest BCUT2D eigenvalue weighted by molar-refractivity contribution is -0.0635. The van der Waals surface area contributed by atoms with Gasteiger partial charge in [0.05, 0.1) is 11.0 Å². The third-order valence-corrected chi connectivity index (χ3v) is 3.78. The van der Waals surface area contributed by atoms with Gasteiger partial charge in [-0.1, -0.05) is 6.07 Å². The molecule has 2 rings (SSSR count). The third kappa shape index (κ3) is 3.72. The second kappa shape index (κ2) is 5.61. The predicted molar refractivity (Wildman–Crippen MR) is 68.4 cm³/mol. The molecule has 0 amide bonds. The Labute approximate surface area is 113 Å². The molecule has 1 aromatic rings. The lowest BCUT2D eigenvalue weighted by Gasteiger charge is -2.32. The minimum absolute atomic E-state index is 0.00834. The van der Waals surface area contributed by atoms with E-state index in [-0.39, 0.29) is 18.8 Å². The van der Waals surface area contributed by atoms with Crippen LogP contribution in [-0.4, -0.2) is 30.5 Å². The molecular weight excluding hydrogens is 307 g/mol. The van der Waals surface area contributed by atoms with Crippen LogP contribution in [0.4, 0.5) is 13.2 Å². The molecule has 100 valence electrons. The van der Waals surface area contributed by atoms with E-state index in [0.29, 0.717) is 23.9 Å². The molecule has 0 aliphatic carbocycles. The van der Waals surface area contributed by atoms with E-state index in [1.54, 1.807) is 17.0 Å². The standard InChI is InChI=1S/C13H15BrF3N/c14-11-8-10(2-3-12(11)15)4-7-18-6-1-5-13(16,17)9-18/h2-3,8H,1,4-7,9H2. The van der Waals surface area contributed by atoms with Crippen molar-refractivity contribution in [3.63, 3.8) is 0 Å². The zero-order valence-electron chi connectivity index (χ0n) is 9.93. The second-order valence-electron chi connectivity index (χ2n) is 4.73. The molecule has 1 nitrogen and oxygen atoms in total. The monoisotopic (exact) mass is 321 g/mol. The highest BCUT2D eigenvalue weighted by molar-refractivity contribution is 9.10. The van der Waals surface area contributed by atoms with Gasteiger partial charge in [0.15, 0.2) is 0 Å². The summed E-state index contributed by atoms with van der Waals surface area (Å²) in [7, 11) is 0. The Bertz CT molecular complexity index is 423. The Morgan fingerprint density at radius 2 is 2.11 bits per heavy atom. The van der Waals surface area contributed by atoms with Gasteiger partial charge in [-0.05, 0) is 53.0 Å². The van der Waals surface area contributed by atoms with Crippen molar-refractivity contribution in [3.05, 3.63) is 34.1 Å². The number of rotatable bonds is 3. The number of hydrogen-bond acceptors (Lipinski definition) is 1. The predicted octanol–water partition coefficient (Wildman–Crippen LogP) is 3.86. The average molecular weight is 322 g/mol. The summed E-state index contributed by atoms with van der Waals surface area (Å²) in [4.78, 5) is 1.78. The van der Waals surface area contributed by atoms with Gasteiger partial charge >= 0.3 is 0 Å². The molecule has 1 heterocycles. The lowest BCUT2D eigenvalue weighted by atomic mass is 10.1. The van der Waals surface area contributed by atoms with E-state index < -0.39 is 5.92 Å². The fraction of sp³-hybridized carbons (Fsp3) is 0.538. The highest BCUT2D eigenvalue weighted by Crippen LogP contribution is 2.26. The Hall–Kier alpha value is -0.550. The highest BCUT2D eigenvalue weighted by Gasteiger charge is 2.34. The molecule has 0 atom stereocenters. The van der Waals surface area contributed by atoms with E-state index in [0.717, 1.165) is 12.1 Å². The summed E-state index contributed by atoms with van der Waals surface area (Å²) in [5, 5.41) is 0. The van der Waals surface area contributed by atoms with E-state index in [1.807, 2.05) is 0 Å². The highest BCUT2D eigenvalue weighted by atomic mass is 79.9. The topological polar surface area (TPSA) is 3.24 Å². The number of hydrogen-bond donors (Lipinski definition) is 0. The van der Waals surface area contributed by atoms with Crippen LogP contribution in [0.5, 0.6) is 0 Å².